The van der Waals surface area contributed by atoms with Gasteiger partial charge in [0.05, 0.1) is 12.6 Å². The van der Waals surface area contributed by atoms with E-state index in [0.29, 0.717) is 44.1 Å². The average Bonchev–Trinajstić information content (AvgIpc) is 3.29. The summed E-state index contributed by atoms with van der Waals surface area (Å²) in [5, 5.41) is 12.3. The topological polar surface area (TPSA) is 103 Å². The standard InChI is InChI=1S/C18H21N7O2/c1-12-10-24(11-15-22-21-13(2)25(12)15)17(26)5-3-4-16-20-18(23-27-16)14-6-8-19-9-7-14/h6-9,12H,3-5,10-11H2,1-2H3/t12-/m1/s1. The Kier molecular flexibility index (Phi) is 4.66. The number of fused-ring (bicyclic) bond motifs is 1. The van der Waals surface area contributed by atoms with Crippen LogP contribution in [0.1, 0.15) is 43.3 Å². The SMILES string of the molecule is Cc1nnc2n1[C@H](C)CN(C(=O)CCCc1nc(-c3ccncc3)no1)C2. The minimum Gasteiger partial charge on any atom is -0.339 e. The zero-order chi connectivity index (χ0) is 18.8. The molecule has 0 aromatic carbocycles. The van der Waals surface area contributed by atoms with Crippen molar-refractivity contribution in [1.82, 2.24) is 34.8 Å². The first-order valence-corrected chi connectivity index (χ1v) is 9.03. The summed E-state index contributed by atoms with van der Waals surface area (Å²) in [5.74, 6) is 2.93. The molecule has 9 nitrogen and oxygen atoms in total. The fourth-order valence-electron chi connectivity index (χ4n) is 3.44. The molecule has 0 spiro atoms. The Hall–Kier alpha value is -3.10. The van der Waals surface area contributed by atoms with Gasteiger partial charge in [-0.05, 0) is 32.4 Å². The summed E-state index contributed by atoms with van der Waals surface area (Å²) in [6.45, 7) is 5.21. The number of rotatable bonds is 5. The molecule has 27 heavy (non-hydrogen) atoms. The Bertz CT molecular complexity index is 934. The smallest absolute Gasteiger partial charge is 0.226 e. The lowest BCUT2D eigenvalue weighted by atomic mass is 10.1. The fraction of sp³-hybridized carbons (Fsp3) is 0.444. The van der Waals surface area contributed by atoms with Crippen LogP contribution in [-0.2, 0) is 17.8 Å². The normalized spacial score (nSPS) is 16.4. The van der Waals surface area contributed by atoms with Crippen LogP contribution in [0.4, 0.5) is 0 Å². The number of amides is 1. The van der Waals surface area contributed by atoms with E-state index in [1.54, 1.807) is 12.4 Å². The summed E-state index contributed by atoms with van der Waals surface area (Å²) in [6.07, 6.45) is 5.04. The Morgan fingerprint density at radius 1 is 1.30 bits per heavy atom. The minimum absolute atomic E-state index is 0.114. The largest absolute Gasteiger partial charge is 0.339 e. The van der Waals surface area contributed by atoms with Gasteiger partial charge < -0.3 is 14.0 Å². The Balaban J connectivity index is 1.31. The number of hydrogen-bond acceptors (Lipinski definition) is 7. The lowest BCUT2D eigenvalue weighted by molar-refractivity contribution is -0.133. The first kappa shape index (κ1) is 17.3. The molecule has 3 aromatic heterocycles. The van der Waals surface area contributed by atoms with Crippen molar-refractivity contribution in [3.63, 3.8) is 0 Å². The molecule has 1 aliphatic rings. The summed E-state index contributed by atoms with van der Waals surface area (Å²) >= 11 is 0. The summed E-state index contributed by atoms with van der Waals surface area (Å²) in [4.78, 5) is 22.8. The summed E-state index contributed by atoms with van der Waals surface area (Å²) < 4.78 is 7.38. The van der Waals surface area contributed by atoms with Crippen molar-refractivity contribution in [2.75, 3.05) is 6.54 Å². The molecule has 0 saturated heterocycles. The highest BCUT2D eigenvalue weighted by molar-refractivity contribution is 5.76. The molecule has 0 saturated carbocycles. The van der Waals surface area contributed by atoms with Crippen molar-refractivity contribution >= 4 is 5.91 Å². The molecule has 0 N–H and O–H groups in total. The number of pyridine rings is 1. The first-order chi connectivity index (χ1) is 13.1. The third-order valence-electron chi connectivity index (χ3n) is 4.74. The van der Waals surface area contributed by atoms with Crippen molar-refractivity contribution in [3.05, 3.63) is 42.1 Å². The average molecular weight is 367 g/mol. The predicted molar refractivity (Wildman–Crippen MR) is 95.4 cm³/mol. The van der Waals surface area contributed by atoms with Crippen LogP contribution in [0.15, 0.2) is 29.0 Å². The van der Waals surface area contributed by atoms with E-state index >= 15 is 0 Å². The monoisotopic (exact) mass is 367 g/mol. The number of nitrogens with zero attached hydrogens (tertiary/aromatic N) is 7. The van der Waals surface area contributed by atoms with E-state index < -0.39 is 0 Å². The van der Waals surface area contributed by atoms with E-state index in [1.165, 1.54) is 0 Å². The highest BCUT2D eigenvalue weighted by Gasteiger charge is 2.27. The number of hydrogen-bond donors (Lipinski definition) is 0. The van der Waals surface area contributed by atoms with Gasteiger partial charge in [-0.2, -0.15) is 4.98 Å². The number of carbonyl (C=O) groups excluding carboxylic acids is 1. The van der Waals surface area contributed by atoms with Crippen LogP contribution in [-0.4, -0.2) is 47.2 Å². The van der Waals surface area contributed by atoms with Crippen molar-refractivity contribution in [1.29, 1.82) is 0 Å². The lowest BCUT2D eigenvalue weighted by Crippen LogP contribution is -2.40. The van der Waals surface area contributed by atoms with Gasteiger partial charge in [0.25, 0.3) is 0 Å². The van der Waals surface area contributed by atoms with Crippen LogP contribution >= 0.6 is 0 Å². The number of aryl methyl sites for hydroxylation is 2. The minimum atomic E-state index is 0.114. The molecule has 0 aliphatic carbocycles. The fourth-order valence-corrected chi connectivity index (χ4v) is 3.44. The van der Waals surface area contributed by atoms with Crippen molar-refractivity contribution in [3.8, 4) is 11.4 Å². The maximum Gasteiger partial charge on any atom is 0.226 e. The van der Waals surface area contributed by atoms with E-state index in [4.69, 9.17) is 4.52 Å². The van der Waals surface area contributed by atoms with Gasteiger partial charge in [0.2, 0.25) is 17.6 Å². The van der Waals surface area contributed by atoms with Gasteiger partial charge in [-0.3, -0.25) is 9.78 Å². The molecule has 9 heteroatoms. The summed E-state index contributed by atoms with van der Waals surface area (Å²) in [7, 11) is 0. The summed E-state index contributed by atoms with van der Waals surface area (Å²) in [5.41, 5.74) is 0.859. The van der Waals surface area contributed by atoms with Gasteiger partial charge in [0, 0.05) is 37.3 Å². The molecule has 4 rings (SSSR count). The van der Waals surface area contributed by atoms with E-state index in [-0.39, 0.29) is 11.9 Å². The maximum atomic E-state index is 12.6. The maximum absolute atomic E-state index is 12.6. The summed E-state index contributed by atoms with van der Waals surface area (Å²) in [6, 6.07) is 3.85. The molecular formula is C18H21N7O2. The number of aromatic nitrogens is 6. The van der Waals surface area contributed by atoms with Gasteiger partial charge in [-0.25, -0.2) is 0 Å². The van der Waals surface area contributed by atoms with Crippen LogP contribution in [0, 0.1) is 6.92 Å². The van der Waals surface area contributed by atoms with Crippen LogP contribution in [0.3, 0.4) is 0 Å². The lowest BCUT2D eigenvalue weighted by Gasteiger charge is -2.32. The van der Waals surface area contributed by atoms with Crippen molar-refractivity contribution in [2.45, 2.75) is 45.7 Å². The van der Waals surface area contributed by atoms with Gasteiger partial charge in [0.15, 0.2) is 5.82 Å². The van der Waals surface area contributed by atoms with Gasteiger partial charge in [-0.15, -0.1) is 10.2 Å². The van der Waals surface area contributed by atoms with E-state index in [2.05, 4.69) is 36.8 Å². The van der Waals surface area contributed by atoms with E-state index in [0.717, 1.165) is 17.2 Å². The zero-order valence-corrected chi connectivity index (χ0v) is 15.4. The quantitative estimate of drug-likeness (QED) is 0.679. The van der Waals surface area contributed by atoms with Gasteiger partial charge in [-0.1, -0.05) is 5.16 Å². The number of carbonyl (C=O) groups is 1. The second kappa shape index (κ2) is 7.26. The van der Waals surface area contributed by atoms with Crippen molar-refractivity contribution in [2.24, 2.45) is 0 Å². The predicted octanol–water partition coefficient (Wildman–Crippen LogP) is 1.96. The second-order valence-electron chi connectivity index (χ2n) is 6.76. The Morgan fingerprint density at radius 2 is 2.11 bits per heavy atom. The third kappa shape index (κ3) is 3.57. The molecular weight excluding hydrogens is 346 g/mol. The van der Waals surface area contributed by atoms with Crippen LogP contribution < -0.4 is 0 Å². The van der Waals surface area contributed by atoms with E-state index in [9.17, 15) is 4.79 Å². The van der Waals surface area contributed by atoms with E-state index in [1.807, 2.05) is 24.0 Å². The first-order valence-electron chi connectivity index (χ1n) is 9.03. The molecule has 0 fully saturated rings. The molecule has 1 aliphatic heterocycles. The third-order valence-corrected chi connectivity index (χ3v) is 4.74. The van der Waals surface area contributed by atoms with Crippen LogP contribution in [0.5, 0.6) is 0 Å². The van der Waals surface area contributed by atoms with Crippen LogP contribution in [0.2, 0.25) is 0 Å². The molecule has 1 amide bonds. The zero-order valence-electron chi connectivity index (χ0n) is 15.4. The molecule has 140 valence electrons. The van der Waals surface area contributed by atoms with Gasteiger partial charge >= 0.3 is 0 Å². The van der Waals surface area contributed by atoms with Crippen LogP contribution in [0.25, 0.3) is 11.4 Å². The molecule has 0 bridgehead atoms. The highest BCUT2D eigenvalue weighted by Crippen LogP contribution is 2.22. The Morgan fingerprint density at radius 3 is 2.93 bits per heavy atom. The molecule has 0 unspecified atom stereocenters. The molecule has 4 heterocycles. The molecule has 0 radical (unpaired) electrons. The van der Waals surface area contributed by atoms with Gasteiger partial charge in [0.1, 0.15) is 5.82 Å². The molecule has 3 aromatic rings. The van der Waals surface area contributed by atoms with Crippen molar-refractivity contribution < 1.29 is 9.32 Å². The highest BCUT2D eigenvalue weighted by atomic mass is 16.5. The second-order valence-corrected chi connectivity index (χ2v) is 6.76. The Labute approximate surface area is 156 Å². The molecule has 1 atom stereocenters.